The van der Waals surface area contributed by atoms with Crippen molar-refractivity contribution in [3.63, 3.8) is 0 Å². The molecule has 2 heterocycles. The minimum Gasteiger partial charge on any atom is -0.326 e. The van der Waals surface area contributed by atoms with E-state index < -0.39 is 0 Å². The summed E-state index contributed by atoms with van der Waals surface area (Å²) in [6.45, 7) is 4.13. The summed E-state index contributed by atoms with van der Waals surface area (Å²) in [5.74, 6) is 0.604. The first-order valence-corrected chi connectivity index (χ1v) is 8.71. The predicted octanol–water partition coefficient (Wildman–Crippen LogP) is 2.70. The van der Waals surface area contributed by atoms with Crippen molar-refractivity contribution in [2.24, 2.45) is 13.0 Å². The molecule has 5 nitrogen and oxygen atoms in total. The highest BCUT2D eigenvalue weighted by Gasteiger charge is 2.17. The number of aryl methyl sites for hydroxylation is 1. The van der Waals surface area contributed by atoms with Gasteiger partial charge >= 0.3 is 0 Å². The third kappa shape index (κ3) is 4.23. The lowest BCUT2D eigenvalue weighted by molar-refractivity contribution is -0.119. The van der Waals surface area contributed by atoms with Crippen molar-refractivity contribution in [3.05, 3.63) is 47.8 Å². The first-order chi connectivity index (χ1) is 11.6. The maximum absolute atomic E-state index is 12.4. The van der Waals surface area contributed by atoms with E-state index in [4.69, 9.17) is 0 Å². The van der Waals surface area contributed by atoms with Crippen molar-refractivity contribution < 1.29 is 4.79 Å². The fourth-order valence-corrected chi connectivity index (χ4v) is 3.28. The lowest BCUT2D eigenvalue weighted by atomic mass is 9.90. The number of nitrogens with zero attached hydrogens (tertiary/aromatic N) is 2. The van der Waals surface area contributed by atoms with E-state index >= 15 is 0 Å². The van der Waals surface area contributed by atoms with Gasteiger partial charge in [-0.3, -0.25) is 9.48 Å². The van der Waals surface area contributed by atoms with Crippen LogP contribution in [0.2, 0.25) is 0 Å². The zero-order valence-electron chi connectivity index (χ0n) is 14.5. The summed E-state index contributed by atoms with van der Waals surface area (Å²) in [5.41, 5.74) is 3.33. The molecule has 2 aromatic rings. The van der Waals surface area contributed by atoms with E-state index in [0.29, 0.717) is 12.3 Å². The molecule has 0 saturated carbocycles. The standard InChI is InChI=1S/C19H26N4O/c1-14(11-15-12-21-23(2)13-15)19(24)22-18-5-3-16(4-6-18)17-7-9-20-10-8-17/h3-6,12-14,17,20H,7-11H2,1-2H3,(H,22,24). The van der Waals surface area contributed by atoms with Crippen molar-refractivity contribution in [1.82, 2.24) is 15.1 Å². The molecule has 1 amide bonds. The summed E-state index contributed by atoms with van der Waals surface area (Å²) in [7, 11) is 1.89. The second-order valence-electron chi connectivity index (χ2n) is 6.76. The molecule has 0 spiro atoms. The average molecular weight is 326 g/mol. The molecule has 3 rings (SSSR count). The fourth-order valence-electron chi connectivity index (χ4n) is 3.28. The van der Waals surface area contributed by atoms with Crippen LogP contribution in [-0.4, -0.2) is 28.8 Å². The van der Waals surface area contributed by atoms with Gasteiger partial charge in [-0.1, -0.05) is 19.1 Å². The number of aromatic nitrogens is 2. The Balaban J connectivity index is 1.55. The minimum absolute atomic E-state index is 0.0495. The molecule has 0 bridgehead atoms. The van der Waals surface area contributed by atoms with Gasteiger partial charge in [-0.2, -0.15) is 5.10 Å². The summed E-state index contributed by atoms with van der Waals surface area (Å²) >= 11 is 0. The predicted molar refractivity (Wildman–Crippen MR) is 96.0 cm³/mol. The Hall–Kier alpha value is -2.14. The molecule has 1 unspecified atom stereocenters. The molecule has 1 saturated heterocycles. The van der Waals surface area contributed by atoms with Crippen LogP contribution in [0, 0.1) is 5.92 Å². The van der Waals surface area contributed by atoms with Crippen molar-refractivity contribution in [2.45, 2.75) is 32.1 Å². The maximum atomic E-state index is 12.4. The van der Waals surface area contributed by atoms with Gasteiger partial charge in [-0.05, 0) is 61.5 Å². The van der Waals surface area contributed by atoms with Crippen LogP contribution in [0.5, 0.6) is 0 Å². The van der Waals surface area contributed by atoms with Gasteiger partial charge in [0, 0.05) is 24.8 Å². The molecule has 1 aromatic carbocycles. The second-order valence-corrected chi connectivity index (χ2v) is 6.76. The van der Waals surface area contributed by atoms with Crippen molar-refractivity contribution in [2.75, 3.05) is 18.4 Å². The smallest absolute Gasteiger partial charge is 0.227 e. The fraction of sp³-hybridized carbons (Fsp3) is 0.474. The van der Waals surface area contributed by atoms with Gasteiger partial charge in [0.05, 0.1) is 6.20 Å². The first kappa shape index (κ1) is 16.7. The number of carbonyl (C=O) groups excluding carboxylic acids is 1. The molecule has 0 radical (unpaired) electrons. The largest absolute Gasteiger partial charge is 0.326 e. The minimum atomic E-state index is -0.0849. The number of nitrogens with one attached hydrogen (secondary N) is 2. The monoisotopic (exact) mass is 326 g/mol. The first-order valence-electron chi connectivity index (χ1n) is 8.71. The van der Waals surface area contributed by atoms with Crippen LogP contribution in [0.15, 0.2) is 36.7 Å². The summed E-state index contributed by atoms with van der Waals surface area (Å²) in [5, 5.41) is 10.6. The molecule has 1 aliphatic rings. The van der Waals surface area contributed by atoms with E-state index in [9.17, 15) is 4.79 Å². The van der Waals surface area contributed by atoms with Crippen molar-refractivity contribution in [1.29, 1.82) is 0 Å². The van der Waals surface area contributed by atoms with E-state index in [1.165, 1.54) is 18.4 Å². The zero-order valence-corrected chi connectivity index (χ0v) is 14.5. The molecular weight excluding hydrogens is 300 g/mol. The molecule has 24 heavy (non-hydrogen) atoms. The Labute approximate surface area is 143 Å². The lowest BCUT2D eigenvalue weighted by Crippen LogP contribution is -2.26. The Morgan fingerprint density at radius 2 is 2.04 bits per heavy atom. The number of piperidine rings is 1. The number of anilines is 1. The van der Waals surface area contributed by atoms with Gasteiger partial charge in [0.25, 0.3) is 0 Å². The lowest BCUT2D eigenvalue weighted by Gasteiger charge is -2.23. The van der Waals surface area contributed by atoms with Gasteiger partial charge in [-0.25, -0.2) is 0 Å². The molecule has 1 fully saturated rings. The highest BCUT2D eigenvalue weighted by molar-refractivity contribution is 5.92. The Morgan fingerprint density at radius 1 is 1.33 bits per heavy atom. The van der Waals surface area contributed by atoms with E-state index in [1.807, 2.05) is 38.5 Å². The van der Waals surface area contributed by atoms with Crippen LogP contribution in [0.4, 0.5) is 5.69 Å². The SMILES string of the molecule is CC(Cc1cnn(C)c1)C(=O)Nc1ccc(C2CCNCC2)cc1. The number of carbonyl (C=O) groups is 1. The third-order valence-electron chi connectivity index (χ3n) is 4.74. The van der Waals surface area contributed by atoms with Crippen LogP contribution in [-0.2, 0) is 18.3 Å². The topological polar surface area (TPSA) is 59.0 Å². The Kier molecular flexibility index (Phi) is 5.30. The molecule has 2 N–H and O–H groups in total. The Morgan fingerprint density at radius 3 is 2.67 bits per heavy atom. The van der Waals surface area contributed by atoms with Crippen LogP contribution < -0.4 is 10.6 Å². The summed E-state index contributed by atoms with van der Waals surface area (Å²) in [4.78, 5) is 12.4. The van der Waals surface area contributed by atoms with Gasteiger partial charge in [-0.15, -0.1) is 0 Å². The molecule has 5 heteroatoms. The van der Waals surface area contributed by atoms with Gasteiger partial charge in [0.2, 0.25) is 5.91 Å². The molecule has 0 aliphatic carbocycles. The van der Waals surface area contributed by atoms with Crippen LogP contribution in [0.1, 0.15) is 36.8 Å². The van der Waals surface area contributed by atoms with E-state index in [1.54, 1.807) is 4.68 Å². The highest BCUT2D eigenvalue weighted by atomic mass is 16.1. The molecular formula is C19H26N4O. The number of hydrogen-bond acceptors (Lipinski definition) is 3. The summed E-state index contributed by atoms with van der Waals surface area (Å²) in [6.07, 6.45) is 6.85. The quantitative estimate of drug-likeness (QED) is 0.888. The van der Waals surface area contributed by atoms with Gasteiger partial charge in [0.15, 0.2) is 0 Å². The summed E-state index contributed by atoms with van der Waals surface area (Å²) in [6, 6.07) is 8.34. The molecule has 1 aromatic heterocycles. The maximum Gasteiger partial charge on any atom is 0.227 e. The van der Waals surface area contributed by atoms with Crippen molar-refractivity contribution >= 4 is 11.6 Å². The van der Waals surface area contributed by atoms with Crippen LogP contribution in [0.25, 0.3) is 0 Å². The normalized spacial score (nSPS) is 16.8. The number of hydrogen-bond donors (Lipinski definition) is 2. The van der Waals surface area contributed by atoms with E-state index in [0.717, 1.165) is 24.3 Å². The highest BCUT2D eigenvalue weighted by Crippen LogP contribution is 2.26. The average Bonchev–Trinajstić information content (AvgIpc) is 3.01. The Bertz CT molecular complexity index is 671. The third-order valence-corrected chi connectivity index (χ3v) is 4.74. The van der Waals surface area contributed by atoms with Gasteiger partial charge < -0.3 is 10.6 Å². The van der Waals surface area contributed by atoms with Crippen molar-refractivity contribution in [3.8, 4) is 0 Å². The van der Waals surface area contributed by atoms with E-state index in [2.05, 4.69) is 27.9 Å². The molecule has 128 valence electrons. The van der Waals surface area contributed by atoms with Crippen LogP contribution in [0.3, 0.4) is 0 Å². The number of rotatable bonds is 5. The van der Waals surface area contributed by atoms with E-state index in [-0.39, 0.29) is 11.8 Å². The van der Waals surface area contributed by atoms with Crippen LogP contribution >= 0.6 is 0 Å². The summed E-state index contributed by atoms with van der Waals surface area (Å²) < 4.78 is 1.76. The number of benzene rings is 1. The number of amides is 1. The second kappa shape index (κ2) is 7.62. The molecule has 1 atom stereocenters. The molecule has 1 aliphatic heterocycles. The van der Waals surface area contributed by atoms with Gasteiger partial charge in [0.1, 0.15) is 0 Å². The zero-order chi connectivity index (χ0) is 16.9.